The Bertz CT molecular complexity index is 354. The zero-order valence-corrected chi connectivity index (χ0v) is 12.2. The smallest absolute Gasteiger partial charge is 0.0753 e. The number of rotatable bonds is 3. The van der Waals surface area contributed by atoms with Crippen LogP contribution in [0.4, 0.5) is 0 Å². The van der Waals surface area contributed by atoms with Gasteiger partial charge in [0.1, 0.15) is 0 Å². The van der Waals surface area contributed by atoms with Gasteiger partial charge in [0.05, 0.1) is 4.21 Å². The summed E-state index contributed by atoms with van der Waals surface area (Å²) in [7, 11) is 0. The van der Waals surface area contributed by atoms with Crippen molar-refractivity contribution in [2.75, 3.05) is 6.54 Å². The maximum atomic E-state index is 2.68. The van der Waals surface area contributed by atoms with E-state index in [9.17, 15) is 0 Å². The van der Waals surface area contributed by atoms with Crippen molar-refractivity contribution in [3.05, 3.63) is 17.5 Å². The lowest BCUT2D eigenvalue weighted by Crippen LogP contribution is -2.22. The Hall–Kier alpha value is 0.01000. The van der Waals surface area contributed by atoms with Gasteiger partial charge in [-0.25, -0.2) is 4.31 Å². The molecule has 0 N–H and O–H groups in total. The highest BCUT2D eigenvalue weighted by atomic mass is 32.2. The number of thiophene rings is 1. The lowest BCUT2D eigenvalue weighted by Gasteiger charge is -2.22. The first-order chi connectivity index (χ1) is 8.31. The van der Waals surface area contributed by atoms with Crippen LogP contribution in [-0.2, 0) is 0 Å². The maximum Gasteiger partial charge on any atom is 0.0753 e. The zero-order valence-electron chi connectivity index (χ0n) is 10.5. The molecule has 1 aliphatic heterocycles. The molecule has 1 saturated heterocycles. The van der Waals surface area contributed by atoms with Gasteiger partial charge in [-0.15, -0.1) is 11.3 Å². The van der Waals surface area contributed by atoms with E-state index in [4.69, 9.17) is 0 Å². The summed E-state index contributed by atoms with van der Waals surface area (Å²) in [6.45, 7) is 3.68. The monoisotopic (exact) mass is 267 g/mol. The molecule has 1 aromatic rings. The molecule has 2 aliphatic rings. The Labute approximate surface area is 113 Å². The Morgan fingerprint density at radius 1 is 1.47 bits per heavy atom. The van der Waals surface area contributed by atoms with Crippen molar-refractivity contribution in [1.82, 2.24) is 4.31 Å². The molecular weight excluding hydrogens is 246 g/mol. The minimum atomic E-state index is 0.685. The van der Waals surface area contributed by atoms with E-state index in [1.807, 2.05) is 23.3 Å². The second-order valence-corrected chi connectivity index (χ2v) is 7.87. The van der Waals surface area contributed by atoms with E-state index in [-0.39, 0.29) is 0 Å². The number of hydrogen-bond acceptors (Lipinski definition) is 3. The van der Waals surface area contributed by atoms with Crippen LogP contribution < -0.4 is 0 Å². The molecule has 1 saturated carbocycles. The summed E-state index contributed by atoms with van der Waals surface area (Å²) in [5.41, 5.74) is 0.685. The molecule has 17 heavy (non-hydrogen) atoms. The van der Waals surface area contributed by atoms with Crippen LogP contribution in [0.3, 0.4) is 0 Å². The quantitative estimate of drug-likeness (QED) is 0.724. The van der Waals surface area contributed by atoms with E-state index in [0.717, 1.165) is 6.04 Å². The fourth-order valence-corrected chi connectivity index (χ4v) is 5.65. The van der Waals surface area contributed by atoms with Gasteiger partial charge in [-0.3, -0.25) is 0 Å². The van der Waals surface area contributed by atoms with E-state index >= 15 is 0 Å². The molecule has 1 unspecified atom stereocenters. The van der Waals surface area contributed by atoms with E-state index in [1.165, 1.54) is 49.3 Å². The molecule has 0 amide bonds. The summed E-state index contributed by atoms with van der Waals surface area (Å²) in [4.78, 5) is 0. The Balaban J connectivity index is 1.71. The summed E-state index contributed by atoms with van der Waals surface area (Å²) in [5, 5.41) is 2.19. The van der Waals surface area contributed by atoms with Gasteiger partial charge in [-0.05, 0) is 54.5 Å². The van der Waals surface area contributed by atoms with Crippen LogP contribution in [0.15, 0.2) is 21.7 Å². The molecule has 3 heteroatoms. The molecule has 0 radical (unpaired) electrons. The van der Waals surface area contributed by atoms with Gasteiger partial charge in [0.15, 0.2) is 0 Å². The van der Waals surface area contributed by atoms with Gasteiger partial charge in [0.2, 0.25) is 0 Å². The Morgan fingerprint density at radius 2 is 2.29 bits per heavy atom. The van der Waals surface area contributed by atoms with Crippen molar-refractivity contribution in [3.63, 3.8) is 0 Å². The topological polar surface area (TPSA) is 3.24 Å². The van der Waals surface area contributed by atoms with E-state index in [0.29, 0.717) is 5.41 Å². The fraction of sp³-hybridized carbons (Fsp3) is 0.714. The standard InChI is InChI=1S/C14H21NS2/c1-2-12-10-14(7-3-4-8-14)11-15(12)17-13-6-5-9-16-13/h5-6,9,12H,2-4,7-8,10-11H2,1H3. The van der Waals surface area contributed by atoms with Crippen molar-refractivity contribution in [2.45, 2.75) is 55.7 Å². The predicted octanol–water partition coefficient (Wildman–Crippen LogP) is 4.80. The van der Waals surface area contributed by atoms with E-state index in [1.54, 1.807) is 0 Å². The van der Waals surface area contributed by atoms with E-state index in [2.05, 4.69) is 28.7 Å². The summed E-state index contributed by atoms with van der Waals surface area (Å²) in [6, 6.07) is 5.22. The van der Waals surface area contributed by atoms with Gasteiger partial charge in [0, 0.05) is 12.6 Å². The molecule has 1 aliphatic carbocycles. The van der Waals surface area contributed by atoms with Crippen molar-refractivity contribution in [1.29, 1.82) is 0 Å². The van der Waals surface area contributed by atoms with Crippen LogP contribution in [0.5, 0.6) is 0 Å². The van der Waals surface area contributed by atoms with Crippen molar-refractivity contribution >= 4 is 23.3 Å². The molecule has 94 valence electrons. The highest BCUT2D eigenvalue weighted by Gasteiger charge is 2.45. The van der Waals surface area contributed by atoms with Gasteiger partial charge >= 0.3 is 0 Å². The molecule has 1 aromatic heterocycles. The molecule has 3 rings (SSSR count). The second kappa shape index (κ2) is 4.94. The zero-order chi connectivity index (χ0) is 11.7. The SMILES string of the molecule is CCC1CC2(CCCC2)CN1Sc1cccs1. The van der Waals surface area contributed by atoms with Gasteiger partial charge < -0.3 is 0 Å². The van der Waals surface area contributed by atoms with Crippen molar-refractivity contribution < 1.29 is 0 Å². The molecule has 2 heterocycles. The third-order valence-corrected chi connectivity index (χ3v) is 6.56. The highest BCUT2D eigenvalue weighted by molar-refractivity contribution is 7.98. The van der Waals surface area contributed by atoms with Crippen LogP contribution >= 0.6 is 23.3 Å². The van der Waals surface area contributed by atoms with Gasteiger partial charge in [-0.2, -0.15) is 0 Å². The lowest BCUT2D eigenvalue weighted by atomic mass is 9.83. The molecule has 1 spiro atoms. The number of hydrogen-bond donors (Lipinski definition) is 0. The summed E-state index contributed by atoms with van der Waals surface area (Å²) in [5.74, 6) is 0. The minimum Gasteiger partial charge on any atom is -0.242 e. The van der Waals surface area contributed by atoms with Crippen LogP contribution in [0.25, 0.3) is 0 Å². The molecular formula is C14H21NS2. The summed E-state index contributed by atoms with van der Waals surface area (Å²) < 4.78 is 4.13. The molecule has 1 nitrogen and oxygen atoms in total. The normalized spacial score (nSPS) is 28.2. The summed E-state index contributed by atoms with van der Waals surface area (Å²) in [6.07, 6.45) is 8.64. The van der Waals surface area contributed by atoms with Crippen molar-refractivity contribution in [3.8, 4) is 0 Å². The molecule has 0 aromatic carbocycles. The average Bonchev–Trinajstić information content (AvgIpc) is 3.03. The molecule has 1 atom stereocenters. The molecule has 0 bridgehead atoms. The van der Waals surface area contributed by atoms with E-state index < -0.39 is 0 Å². The Kier molecular flexibility index (Phi) is 3.51. The van der Waals surface area contributed by atoms with Gasteiger partial charge in [0.25, 0.3) is 0 Å². The van der Waals surface area contributed by atoms with Crippen LogP contribution in [-0.4, -0.2) is 16.9 Å². The second-order valence-electron chi connectivity index (χ2n) is 5.57. The maximum absolute atomic E-state index is 2.68. The van der Waals surface area contributed by atoms with Crippen molar-refractivity contribution in [2.24, 2.45) is 5.41 Å². The highest BCUT2D eigenvalue weighted by Crippen LogP contribution is 2.51. The third kappa shape index (κ3) is 2.42. The Morgan fingerprint density at radius 3 is 2.94 bits per heavy atom. The number of nitrogens with zero attached hydrogens (tertiary/aromatic N) is 1. The summed E-state index contributed by atoms with van der Waals surface area (Å²) >= 11 is 3.88. The molecule has 2 fully saturated rings. The third-order valence-electron chi connectivity index (χ3n) is 4.40. The van der Waals surface area contributed by atoms with Crippen LogP contribution in [0, 0.1) is 5.41 Å². The van der Waals surface area contributed by atoms with Crippen LogP contribution in [0.2, 0.25) is 0 Å². The first kappa shape index (κ1) is 12.1. The van der Waals surface area contributed by atoms with Gasteiger partial charge in [-0.1, -0.05) is 25.8 Å². The minimum absolute atomic E-state index is 0.685. The fourth-order valence-electron chi connectivity index (χ4n) is 3.50. The largest absolute Gasteiger partial charge is 0.242 e. The van der Waals surface area contributed by atoms with Crippen LogP contribution in [0.1, 0.15) is 45.4 Å². The lowest BCUT2D eigenvalue weighted by molar-refractivity contribution is 0.319. The first-order valence-corrected chi connectivity index (χ1v) is 8.45. The average molecular weight is 267 g/mol. The predicted molar refractivity (Wildman–Crippen MR) is 76.5 cm³/mol. The first-order valence-electron chi connectivity index (χ1n) is 6.79.